The molecule has 1 aromatic heterocycles. The van der Waals surface area contributed by atoms with E-state index >= 15 is 0 Å². The number of phenolic OH excluding ortho intramolecular Hbond substituents is 1. The van der Waals surface area contributed by atoms with Crippen molar-refractivity contribution < 1.29 is 5.11 Å². The van der Waals surface area contributed by atoms with Crippen LogP contribution in [0.5, 0.6) is 5.75 Å². The molecule has 2 aromatic rings. The van der Waals surface area contributed by atoms with E-state index in [4.69, 9.17) is 11.6 Å². The van der Waals surface area contributed by atoms with Gasteiger partial charge in [0.1, 0.15) is 10.9 Å². The molecule has 0 amide bonds. The Morgan fingerprint density at radius 2 is 2.25 bits per heavy atom. The van der Waals surface area contributed by atoms with Gasteiger partial charge in [0.25, 0.3) is 0 Å². The van der Waals surface area contributed by atoms with Gasteiger partial charge < -0.3 is 5.11 Å². The number of aromatic amines is 1. The smallest absolute Gasteiger partial charge is 0.133 e. The molecule has 0 saturated heterocycles. The first kappa shape index (κ1) is 8.12. The predicted molar refractivity (Wildman–Crippen MR) is 55.5 cm³/mol. The number of H-pyrrole nitrogens is 1. The summed E-state index contributed by atoms with van der Waals surface area (Å²) in [4.78, 5) is 0. The molecule has 0 bridgehead atoms. The van der Waals surface area contributed by atoms with Gasteiger partial charge in [0.15, 0.2) is 0 Å². The van der Waals surface area contributed by atoms with Crippen LogP contribution >= 0.6 is 34.2 Å². The number of fused-ring (bicyclic) bond motifs is 1. The molecule has 62 valence electrons. The number of phenols is 1. The van der Waals surface area contributed by atoms with Crippen molar-refractivity contribution in [1.82, 2.24) is 10.2 Å². The van der Waals surface area contributed by atoms with E-state index in [-0.39, 0.29) is 5.75 Å². The SMILES string of the molecule is Oc1cc(I)c2c(Cl)[nH]nc2c1. The highest BCUT2D eigenvalue weighted by Gasteiger charge is 2.07. The Bertz CT molecular complexity index is 440. The standard InChI is InChI=1S/C7H4ClIN2O/c8-7-6-4(9)1-3(12)2-5(6)10-11-7/h1-2,12H,(H,10,11). The highest BCUT2D eigenvalue weighted by Crippen LogP contribution is 2.29. The minimum atomic E-state index is 0.204. The van der Waals surface area contributed by atoms with Gasteiger partial charge in [-0.2, -0.15) is 5.10 Å². The molecule has 1 heterocycles. The maximum Gasteiger partial charge on any atom is 0.133 e. The van der Waals surface area contributed by atoms with Crippen LogP contribution in [0.1, 0.15) is 0 Å². The number of hydrogen-bond donors (Lipinski definition) is 2. The summed E-state index contributed by atoms with van der Waals surface area (Å²) in [6, 6.07) is 3.21. The van der Waals surface area contributed by atoms with E-state index in [1.165, 1.54) is 0 Å². The van der Waals surface area contributed by atoms with Crippen LogP contribution in [0.4, 0.5) is 0 Å². The van der Waals surface area contributed by atoms with Crippen LogP contribution in [0.2, 0.25) is 5.15 Å². The molecule has 2 rings (SSSR count). The number of benzene rings is 1. The minimum Gasteiger partial charge on any atom is -0.508 e. The van der Waals surface area contributed by atoms with E-state index in [2.05, 4.69) is 32.8 Å². The first-order valence-corrected chi connectivity index (χ1v) is 4.66. The molecule has 2 N–H and O–H groups in total. The Labute approximate surface area is 86.9 Å². The molecule has 0 aliphatic carbocycles. The van der Waals surface area contributed by atoms with Crippen LogP contribution in [0.15, 0.2) is 12.1 Å². The summed E-state index contributed by atoms with van der Waals surface area (Å²) in [5.41, 5.74) is 0.685. The lowest BCUT2D eigenvalue weighted by atomic mass is 10.2. The zero-order valence-corrected chi connectivity index (χ0v) is 8.72. The maximum atomic E-state index is 9.22. The third kappa shape index (κ3) is 1.15. The van der Waals surface area contributed by atoms with Gasteiger partial charge in [0, 0.05) is 9.64 Å². The minimum absolute atomic E-state index is 0.204. The van der Waals surface area contributed by atoms with E-state index < -0.39 is 0 Å². The van der Waals surface area contributed by atoms with Crippen molar-refractivity contribution in [2.75, 3.05) is 0 Å². The van der Waals surface area contributed by atoms with Gasteiger partial charge in [0.2, 0.25) is 0 Å². The van der Waals surface area contributed by atoms with Crippen molar-refractivity contribution in [3.63, 3.8) is 0 Å². The van der Waals surface area contributed by atoms with Crippen molar-refractivity contribution >= 4 is 45.1 Å². The largest absolute Gasteiger partial charge is 0.508 e. The van der Waals surface area contributed by atoms with E-state index in [0.717, 1.165) is 8.96 Å². The van der Waals surface area contributed by atoms with E-state index in [1.54, 1.807) is 12.1 Å². The molecule has 3 nitrogen and oxygen atoms in total. The molecular formula is C7H4ClIN2O. The van der Waals surface area contributed by atoms with Crippen LogP contribution in [-0.4, -0.2) is 15.3 Å². The summed E-state index contributed by atoms with van der Waals surface area (Å²) in [5, 5.41) is 17.1. The van der Waals surface area contributed by atoms with Crippen LogP contribution < -0.4 is 0 Å². The number of hydrogen-bond acceptors (Lipinski definition) is 2. The fourth-order valence-electron chi connectivity index (χ4n) is 1.05. The van der Waals surface area contributed by atoms with E-state index in [0.29, 0.717) is 10.7 Å². The predicted octanol–water partition coefficient (Wildman–Crippen LogP) is 2.53. The van der Waals surface area contributed by atoms with Gasteiger partial charge in [-0.1, -0.05) is 11.6 Å². The molecule has 0 aliphatic rings. The second kappa shape index (κ2) is 2.77. The number of rotatable bonds is 0. The highest BCUT2D eigenvalue weighted by atomic mass is 127. The number of aromatic hydroxyl groups is 1. The third-order valence-electron chi connectivity index (χ3n) is 1.55. The Balaban J connectivity index is 2.93. The average Bonchev–Trinajstić information content (AvgIpc) is 2.31. The second-order valence-corrected chi connectivity index (χ2v) is 3.90. The summed E-state index contributed by atoms with van der Waals surface area (Å²) in [6.45, 7) is 0. The van der Waals surface area contributed by atoms with Gasteiger partial charge in [-0.25, -0.2) is 0 Å². The Kier molecular flexibility index (Phi) is 1.88. The number of halogens is 2. The molecular weight excluding hydrogens is 290 g/mol. The maximum absolute atomic E-state index is 9.22. The summed E-state index contributed by atoms with van der Waals surface area (Å²) in [5.74, 6) is 0.204. The van der Waals surface area contributed by atoms with Gasteiger partial charge in [-0.15, -0.1) is 0 Å². The second-order valence-electron chi connectivity index (χ2n) is 2.36. The Hall–Kier alpha value is -0.490. The lowest BCUT2D eigenvalue weighted by Gasteiger charge is -1.94. The van der Waals surface area contributed by atoms with Crippen molar-refractivity contribution in [3.05, 3.63) is 20.9 Å². The molecule has 1 aromatic carbocycles. The Morgan fingerprint density at radius 1 is 1.50 bits per heavy atom. The van der Waals surface area contributed by atoms with Crippen molar-refractivity contribution in [1.29, 1.82) is 0 Å². The molecule has 0 atom stereocenters. The number of nitrogens with one attached hydrogen (secondary N) is 1. The monoisotopic (exact) mass is 294 g/mol. The molecule has 0 aliphatic heterocycles. The molecule has 12 heavy (non-hydrogen) atoms. The van der Waals surface area contributed by atoms with E-state index in [1.807, 2.05) is 0 Å². The number of aromatic nitrogens is 2. The lowest BCUT2D eigenvalue weighted by Crippen LogP contribution is -1.74. The fraction of sp³-hybridized carbons (Fsp3) is 0. The van der Waals surface area contributed by atoms with Crippen molar-refractivity contribution in [2.24, 2.45) is 0 Å². The molecule has 0 fully saturated rings. The Morgan fingerprint density at radius 3 is 3.00 bits per heavy atom. The topological polar surface area (TPSA) is 48.9 Å². The first-order chi connectivity index (χ1) is 5.68. The molecule has 0 radical (unpaired) electrons. The number of nitrogens with zero attached hydrogens (tertiary/aromatic N) is 1. The van der Waals surface area contributed by atoms with Gasteiger partial charge in [-0.05, 0) is 28.7 Å². The summed E-state index contributed by atoms with van der Waals surface area (Å²) >= 11 is 7.93. The van der Waals surface area contributed by atoms with Crippen LogP contribution in [0.25, 0.3) is 10.9 Å². The van der Waals surface area contributed by atoms with E-state index in [9.17, 15) is 5.11 Å². The van der Waals surface area contributed by atoms with Crippen molar-refractivity contribution in [2.45, 2.75) is 0 Å². The summed E-state index contributed by atoms with van der Waals surface area (Å²) in [7, 11) is 0. The van der Waals surface area contributed by atoms with Crippen molar-refractivity contribution in [3.8, 4) is 5.75 Å². The van der Waals surface area contributed by atoms with Crippen LogP contribution in [0, 0.1) is 3.57 Å². The van der Waals surface area contributed by atoms with Gasteiger partial charge >= 0.3 is 0 Å². The highest BCUT2D eigenvalue weighted by molar-refractivity contribution is 14.1. The fourth-order valence-corrected chi connectivity index (χ4v) is 2.31. The zero-order valence-electron chi connectivity index (χ0n) is 5.81. The average molecular weight is 294 g/mol. The molecule has 0 spiro atoms. The van der Waals surface area contributed by atoms with Crippen LogP contribution in [-0.2, 0) is 0 Å². The van der Waals surface area contributed by atoms with Crippen LogP contribution in [0.3, 0.4) is 0 Å². The summed E-state index contributed by atoms with van der Waals surface area (Å²) in [6.07, 6.45) is 0. The lowest BCUT2D eigenvalue weighted by molar-refractivity contribution is 0.475. The summed E-state index contributed by atoms with van der Waals surface area (Å²) < 4.78 is 0.890. The molecule has 0 saturated carbocycles. The van der Waals surface area contributed by atoms with Gasteiger partial charge in [-0.3, -0.25) is 5.10 Å². The van der Waals surface area contributed by atoms with Gasteiger partial charge in [0.05, 0.1) is 10.9 Å². The zero-order chi connectivity index (χ0) is 8.72. The molecule has 0 unspecified atom stereocenters. The quantitative estimate of drug-likeness (QED) is 0.734. The molecule has 5 heteroatoms. The normalized spacial score (nSPS) is 10.8. The third-order valence-corrected chi connectivity index (χ3v) is 2.67. The first-order valence-electron chi connectivity index (χ1n) is 3.20.